The molecule has 4 atom stereocenters. The van der Waals surface area contributed by atoms with Crippen molar-refractivity contribution in [1.29, 1.82) is 0 Å². The molecular weight excluding hydrogens is 877 g/mol. The van der Waals surface area contributed by atoms with Crippen molar-refractivity contribution in [3.63, 3.8) is 0 Å². The van der Waals surface area contributed by atoms with Crippen molar-refractivity contribution < 1.29 is 18.9 Å². The third-order valence-electron chi connectivity index (χ3n) is 13.4. The molecule has 0 radical (unpaired) electrons. The van der Waals surface area contributed by atoms with E-state index in [4.69, 9.17) is 67.8 Å². The first-order valence-corrected chi connectivity index (χ1v) is 29.7. The van der Waals surface area contributed by atoms with E-state index in [0.29, 0.717) is 70.3 Å². The summed E-state index contributed by atoms with van der Waals surface area (Å²) in [7, 11) is 0. The van der Waals surface area contributed by atoms with E-state index in [1.54, 1.807) is 0 Å². The molecule has 65 heavy (non-hydrogen) atoms. The topological polar surface area (TPSA) is 36.9 Å². The lowest BCUT2D eigenvalue weighted by Crippen LogP contribution is -2.43. The molecule has 0 aliphatic heterocycles. The normalized spacial score (nSPS) is 14.3. The van der Waals surface area contributed by atoms with Crippen molar-refractivity contribution >= 4 is 69.1 Å². The van der Waals surface area contributed by atoms with Gasteiger partial charge in [-0.2, -0.15) is 0 Å². The highest BCUT2D eigenvalue weighted by Gasteiger charge is 2.37. The molecule has 0 aromatic carbocycles. The fourth-order valence-electron chi connectivity index (χ4n) is 8.77. The van der Waals surface area contributed by atoms with Crippen LogP contribution in [0.15, 0.2) is 0 Å². The van der Waals surface area contributed by atoms with E-state index in [-0.39, 0.29) is 0 Å². The van der Waals surface area contributed by atoms with Crippen LogP contribution in [0.1, 0.15) is 287 Å². The molecule has 0 aliphatic carbocycles. The Morgan fingerprint density at radius 2 is 0.462 bits per heavy atom. The van der Waals surface area contributed by atoms with Gasteiger partial charge in [-0.25, -0.2) is 0 Å². The maximum atomic E-state index is 6.55. The molecule has 4 nitrogen and oxygen atoms in total. The predicted molar refractivity (Wildman–Crippen MR) is 302 cm³/mol. The lowest BCUT2D eigenvalue weighted by Gasteiger charge is -2.34. The number of hydrogen-bond donors (Lipinski definition) is 0. The van der Waals surface area contributed by atoms with E-state index in [1.165, 1.54) is 205 Å². The van der Waals surface area contributed by atoms with Gasteiger partial charge in [0.25, 0.3) is 0 Å². The molecule has 0 aromatic rings. The standard InChI is InChI=1S/C57H108O4S4/c1-9-13-17-21-25-29-33-37-49(5)41-53(62)58-45-57(46-59-54(63)42-50(6)38-34-30-26-22-18-14-10-2,47-60-55(64)43-51(7)39-35-31-27-23-19-15-11-3)48-61-56(65)44-52(8)40-36-32-28-24-20-16-12-4/h49-52H,9-48H2,1-8H3. The number of hydrogen-bond acceptors (Lipinski definition) is 8. The zero-order chi connectivity index (χ0) is 48.2. The van der Waals surface area contributed by atoms with Gasteiger partial charge in [-0.3, -0.25) is 0 Å². The van der Waals surface area contributed by atoms with Gasteiger partial charge in [0.1, 0.15) is 31.8 Å². The van der Waals surface area contributed by atoms with Gasteiger partial charge in [-0.1, -0.05) is 261 Å². The smallest absolute Gasteiger partial charge is 0.159 e. The Hall–Kier alpha value is -0.440. The average molecular weight is 986 g/mol. The summed E-state index contributed by atoms with van der Waals surface area (Å²) in [5, 5.41) is 2.58. The number of unbranched alkanes of at least 4 members (excludes halogenated alkanes) is 24. The van der Waals surface area contributed by atoms with Crippen LogP contribution >= 0.6 is 48.9 Å². The van der Waals surface area contributed by atoms with E-state index in [2.05, 4.69) is 55.4 Å². The van der Waals surface area contributed by atoms with E-state index >= 15 is 0 Å². The van der Waals surface area contributed by atoms with E-state index < -0.39 is 5.41 Å². The fourth-order valence-corrected chi connectivity index (χ4v) is 10.1. The van der Waals surface area contributed by atoms with E-state index in [1.807, 2.05) is 0 Å². The highest BCUT2D eigenvalue weighted by Crippen LogP contribution is 2.27. The second-order valence-electron chi connectivity index (χ2n) is 21.0. The predicted octanol–water partition coefficient (Wildman–Crippen LogP) is 20.0. The van der Waals surface area contributed by atoms with Crippen LogP contribution in [0.3, 0.4) is 0 Å². The lowest BCUT2D eigenvalue weighted by molar-refractivity contribution is -0.0171. The molecule has 4 unspecified atom stereocenters. The third-order valence-corrected chi connectivity index (χ3v) is 14.6. The Kier molecular flexibility index (Phi) is 45.7. The van der Waals surface area contributed by atoms with E-state index in [9.17, 15) is 0 Å². The van der Waals surface area contributed by atoms with Crippen LogP contribution in [0.5, 0.6) is 0 Å². The minimum Gasteiger partial charge on any atom is -0.486 e. The molecule has 384 valence electrons. The third kappa shape index (κ3) is 42.2. The van der Waals surface area contributed by atoms with E-state index in [0.717, 1.165) is 25.7 Å². The van der Waals surface area contributed by atoms with Gasteiger partial charge in [0.2, 0.25) is 0 Å². The maximum absolute atomic E-state index is 6.55. The lowest BCUT2D eigenvalue weighted by atomic mass is 9.91. The zero-order valence-corrected chi connectivity index (χ0v) is 47.6. The molecule has 0 saturated heterocycles. The summed E-state index contributed by atoms with van der Waals surface area (Å²) in [6, 6.07) is 0. The summed E-state index contributed by atoms with van der Waals surface area (Å²) in [5.74, 6) is 1.88. The van der Waals surface area contributed by atoms with Crippen LogP contribution in [0, 0.1) is 29.1 Å². The molecule has 0 N–H and O–H groups in total. The van der Waals surface area contributed by atoms with Crippen molar-refractivity contribution in [2.45, 2.75) is 287 Å². The van der Waals surface area contributed by atoms with Gasteiger partial charge in [0, 0.05) is 25.7 Å². The minimum absolute atomic E-state index is 0.304. The summed E-state index contributed by atoms with van der Waals surface area (Å²) in [6.07, 6.45) is 44.6. The molecule has 0 fully saturated rings. The first-order valence-electron chi connectivity index (χ1n) is 28.0. The largest absolute Gasteiger partial charge is 0.486 e. The quantitative estimate of drug-likeness (QED) is 0.0441. The van der Waals surface area contributed by atoms with Gasteiger partial charge < -0.3 is 18.9 Å². The van der Waals surface area contributed by atoms with Crippen molar-refractivity contribution in [2.24, 2.45) is 29.1 Å². The molecular formula is C57H108O4S4. The second kappa shape index (κ2) is 46.0. The van der Waals surface area contributed by atoms with Gasteiger partial charge in [0.15, 0.2) is 20.2 Å². The number of thiocarbonyl (C=S) groups is 4. The van der Waals surface area contributed by atoms with Crippen LogP contribution in [0.4, 0.5) is 0 Å². The van der Waals surface area contributed by atoms with Gasteiger partial charge >= 0.3 is 0 Å². The molecule has 0 amide bonds. The van der Waals surface area contributed by atoms with Crippen LogP contribution in [-0.2, 0) is 18.9 Å². The molecule has 8 heteroatoms. The Labute approximate surface area is 427 Å². The second-order valence-corrected chi connectivity index (χ2v) is 22.8. The van der Waals surface area contributed by atoms with Gasteiger partial charge in [-0.05, 0) is 72.5 Å². The molecule has 0 aromatic heterocycles. The minimum atomic E-state index is -0.699. The van der Waals surface area contributed by atoms with Crippen LogP contribution in [0.25, 0.3) is 0 Å². The SMILES string of the molecule is CCCCCCCCCC(C)CC(=S)OCC(COC(=S)CC(C)CCCCCCCCC)(COC(=S)CC(C)CCCCCCCCC)COC(=S)CC(C)CCCCCCCCC. The Morgan fingerprint density at radius 1 is 0.292 bits per heavy atom. The summed E-state index contributed by atoms with van der Waals surface area (Å²) >= 11 is 23.8. The Bertz CT molecular complexity index is 957. The number of ether oxygens (including phenoxy) is 4. The monoisotopic (exact) mass is 985 g/mol. The van der Waals surface area contributed by atoms with Crippen LogP contribution < -0.4 is 0 Å². The molecule has 0 saturated carbocycles. The Morgan fingerprint density at radius 3 is 0.646 bits per heavy atom. The molecule has 0 aliphatic rings. The summed E-state index contributed by atoms with van der Waals surface area (Å²) < 4.78 is 26.2. The highest BCUT2D eigenvalue weighted by molar-refractivity contribution is 7.80. The van der Waals surface area contributed by atoms with Gasteiger partial charge in [0.05, 0.1) is 0 Å². The maximum Gasteiger partial charge on any atom is 0.159 e. The van der Waals surface area contributed by atoms with Crippen LogP contribution in [0.2, 0.25) is 0 Å². The van der Waals surface area contributed by atoms with Crippen molar-refractivity contribution in [3.8, 4) is 0 Å². The Balaban J connectivity index is 5.87. The first-order chi connectivity index (χ1) is 31.4. The zero-order valence-electron chi connectivity index (χ0n) is 44.4. The molecule has 0 rings (SSSR count). The molecule has 0 bridgehead atoms. The summed E-state index contributed by atoms with van der Waals surface area (Å²) in [4.78, 5) is 0. The molecule has 0 heterocycles. The highest BCUT2D eigenvalue weighted by atomic mass is 32.1. The summed E-state index contributed by atoms with van der Waals surface area (Å²) in [6.45, 7) is 19.6. The fraction of sp³-hybridized carbons (Fsp3) is 0.930. The van der Waals surface area contributed by atoms with Crippen molar-refractivity contribution in [1.82, 2.24) is 0 Å². The summed E-state index contributed by atoms with van der Waals surface area (Å²) in [5.41, 5.74) is -0.699. The average Bonchev–Trinajstić information content (AvgIpc) is 3.27. The number of rotatable bonds is 48. The molecule has 0 spiro atoms. The first kappa shape index (κ1) is 64.6. The van der Waals surface area contributed by atoms with Crippen molar-refractivity contribution in [3.05, 3.63) is 0 Å². The van der Waals surface area contributed by atoms with Crippen LogP contribution in [-0.4, -0.2) is 46.6 Å². The van der Waals surface area contributed by atoms with Crippen molar-refractivity contribution in [2.75, 3.05) is 26.4 Å². The van der Waals surface area contributed by atoms with Gasteiger partial charge in [-0.15, -0.1) is 0 Å².